The molecule has 0 heterocycles. The number of fused-ring (bicyclic) bond motifs is 5. The van der Waals surface area contributed by atoms with Crippen LogP contribution in [0.1, 0.15) is 71.6 Å². The van der Waals surface area contributed by atoms with Crippen LogP contribution < -0.4 is 0 Å². The first kappa shape index (κ1) is 14.5. The summed E-state index contributed by atoms with van der Waals surface area (Å²) in [4.78, 5) is 0. The van der Waals surface area contributed by atoms with Crippen molar-refractivity contribution in [2.75, 3.05) is 0 Å². The molecule has 21 heavy (non-hydrogen) atoms. The van der Waals surface area contributed by atoms with Gasteiger partial charge in [-0.15, -0.1) is 0 Å². The van der Waals surface area contributed by atoms with Crippen LogP contribution in [0.15, 0.2) is 0 Å². The van der Waals surface area contributed by atoms with Crippen LogP contribution in [0.4, 0.5) is 0 Å². The van der Waals surface area contributed by atoms with Crippen LogP contribution in [-0.2, 0) is 0 Å². The fourth-order valence-electron chi connectivity index (χ4n) is 7.21. The molecule has 0 spiro atoms. The summed E-state index contributed by atoms with van der Waals surface area (Å²) in [5.41, 5.74) is 0.676. The Balaban J connectivity index is 1.62. The van der Waals surface area contributed by atoms with Crippen LogP contribution in [0.3, 0.4) is 0 Å². The standard InChI is InChI=1S/C19H32O2/c1-18-9-7-13(20)11-12(18)3-4-14-15-5-6-17(21)19(15,2)10-8-16(14)18/h12-17,20-21H,3-11H2,1-2H3/t12-,13-,14-,15-,16+,17-,18+,19-/m0/s1. The maximum Gasteiger partial charge on any atom is 0.0596 e. The van der Waals surface area contributed by atoms with Crippen molar-refractivity contribution < 1.29 is 10.2 Å². The fraction of sp³-hybridized carbons (Fsp3) is 1.00. The number of hydrogen-bond donors (Lipinski definition) is 2. The van der Waals surface area contributed by atoms with Crippen LogP contribution in [-0.4, -0.2) is 22.4 Å². The van der Waals surface area contributed by atoms with E-state index in [4.69, 9.17) is 0 Å². The quantitative estimate of drug-likeness (QED) is 0.714. The second-order valence-corrected chi connectivity index (χ2v) is 9.22. The lowest BCUT2D eigenvalue weighted by atomic mass is 9.45. The Morgan fingerprint density at radius 1 is 0.762 bits per heavy atom. The van der Waals surface area contributed by atoms with E-state index in [9.17, 15) is 10.2 Å². The van der Waals surface area contributed by atoms with Crippen molar-refractivity contribution in [3.05, 3.63) is 0 Å². The van der Waals surface area contributed by atoms with Gasteiger partial charge in [-0.1, -0.05) is 13.8 Å². The molecular formula is C19H32O2. The molecule has 0 saturated heterocycles. The van der Waals surface area contributed by atoms with Crippen molar-refractivity contribution >= 4 is 0 Å². The van der Waals surface area contributed by atoms with E-state index in [0.29, 0.717) is 5.41 Å². The average Bonchev–Trinajstić information content (AvgIpc) is 2.76. The molecule has 0 radical (unpaired) electrons. The molecule has 0 amide bonds. The summed E-state index contributed by atoms with van der Waals surface area (Å²) in [6.07, 6.45) is 10.7. The Kier molecular flexibility index (Phi) is 3.25. The highest BCUT2D eigenvalue weighted by molar-refractivity contribution is 5.09. The van der Waals surface area contributed by atoms with Crippen LogP contribution in [0, 0.1) is 34.5 Å². The molecule has 4 fully saturated rings. The summed E-state index contributed by atoms with van der Waals surface area (Å²) in [5, 5.41) is 20.5. The Morgan fingerprint density at radius 3 is 2.29 bits per heavy atom. The Bertz CT molecular complexity index is 422. The van der Waals surface area contributed by atoms with E-state index in [0.717, 1.165) is 42.9 Å². The first-order chi connectivity index (χ1) is 9.95. The number of aliphatic hydroxyl groups excluding tert-OH is 2. The molecular weight excluding hydrogens is 260 g/mol. The molecule has 0 bridgehead atoms. The third kappa shape index (κ3) is 1.91. The zero-order valence-corrected chi connectivity index (χ0v) is 13.7. The van der Waals surface area contributed by atoms with Gasteiger partial charge < -0.3 is 10.2 Å². The van der Waals surface area contributed by atoms with Gasteiger partial charge in [0.05, 0.1) is 12.2 Å². The molecule has 0 aromatic carbocycles. The van der Waals surface area contributed by atoms with E-state index in [1.165, 1.54) is 38.5 Å². The van der Waals surface area contributed by atoms with E-state index in [1.54, 1.807) is 0 Å². The van der Waals surface area contributed by atoms with Crippen LogP contribution in [0.25, 0.3) is 0 Å². The molecule has 120 valence electrons. The highest BCUT2D eigenvalue weighted by atomic mass is 16.3. The Hall–Kier alpha value is -0.0800. The van der Waals surface area contributed by atoms with Crippen molar-refractivity contribution in [2.24, 2.45) is 34.5 Å². The van der Waals surface area contributed by atoms with Gasteiger partial charge in [0, 0.05) is 0 Å². The third-order valence-corrected chi connectivity index (χ3v) is 8.59. The molecule has 2 heteroatoms. The second-order valence-electron chi connectivity index (χ2n) is 9.22. The predicted octanol–water partition coefficient (Wildman–Crippen LogP) is 3.75. The first-order valence-corrected chi connectivity index (χ1v) is 9.31. The summed E-state index contributed by atoms with van der Waals surface area (Å²) in [6, 6.07) is 0. The maximum atomic E-state index is 10.5. The van der Waals surface area contributed by atoms with Crippen molar-refractivity contribution in [2.45, 2.75) is 83.8 Å². The molecule has 4 saturated carbocycles. The van der Waals surface area contributed by atoms with Gasteiger partial charge in [-0.3, -0.25) is 0 Å². The highest BCUT2D eigenvalue weighted by Crippen LogP contribution is 2.66. The van der Waals surface area contributed by atoms with Crippen molar-refractivity contribution in [3.8, 4) is 0 Å². The monoisotopic (exact) mass is 292 g/mol. The molecule has 4 aliphatic carbocycles. The molecule has 2 N–H and O–H groups in total. The minimum absolute atomic E-state index is 0.0400. The van der Waals surface area contributed by atoms with Gasteiger partial charge in [-0.2, -0.15) is 0 Å². The molecule has 4 rings (SSSR count). The van der Waals surface area contributed by atoms with Gasteiger partial charge in [-0.25, -0.2) is 0 Å². The van der Waals surface area contributed by atoms with E-state index < -0.39 is 0 Å². The molecule has 0 aromatic heterocycles. The van der Waals surface area contributed by atoms with Crippen molar-refractivity contribution in [3.63, 3.8) is 0 Å². The van der Waals surface area contributed by atoms with Gasteiger partial charge in [0.1, 0.15) is 0 Å². The van der Waals surface area contributed by atoms with E-state index >= 15 is 0 Å². The zero-order valence-electron chi connectivity index (χ0n) is 13.7. The van der Waals surface area contributed by atoms with Crippen LogP contribution in [0.2, 0.25) is 0 Å². The topological polar surface area (TPSA) is 40.5 Å². The molecule has 0 aromatic rings. The van der Waals surface area contributed by atoms with Gasteiger partial charge in [0.15, 0.2) is 0 Å². The van der Waals surface area contributed by atoms with Crippen LogP contribution >= 0.6 is 0 Å². The lowest BCUT2D eigenvalue weighted by molar-refractivity contribution is -0.133. The second kappa shape index (κ2) is 4.71. The van der Waals surface area contributed by atoms with Crippen molar-refractivity contribution in [1.29, 1.82) is 0 Å². The summed E-state index contributed by atoms with van der Waals surface area (Å²) in [7, 11) is 0. The third-order valence-electron chi connectivity index (χ3n) is 8.59. The van der Waals surface area contributed by atoms with Gasteiger partial charge in [-0.05, 0) is 92.3 Å². The zero-order chi connectivity index (χ0) is 14.8. The van der Waals surface area contributed by atoms with E-state index in [2.05, 4.69) is 13.8 Å². The number of aliphatic hydroxyl groups is 2. The average molecular weight is 292 g/mol. The maximum absolute atomic E-state index is 10.5. The van der Waals surface area contributed by atoms with Crippen molar-refractivity contribution in [1.82, 2.24) is 0 Å². The normalized spacial score (nSPS) is 60.0. The Labute approximate surface area is 129 Å². The smallest absolute Gasteiger partial charge is 0.0596 e. The molecule has 0 unspecified atom stereocenters. The first-order valence-electron chi connectivity index (χ1n) is 9.31. The molecule has 0 aliphatic heterocycles. The largest absolute Gasteiger partial charge is 0.393 e. The molecule has 8 atom stereocenters. The molecule has 4 aliphatic rings. The minimum atomic E-state index is -0.0536. The highest BCUT2D eigenvalue weighted by Gasteiger charge is 2.59. The summed E-state index contributed by atoms with van der Waals surface area (Å²) in [5.74, 6) is 3.21. The summed E-state index contributed by atoms with van der Waals surface area (Å²) < 4.78 is 0. The number of hydrogen-bond acceptors (Lipinski definition) is 2. The van der Waals surface area contributed by atoms with Gasteiger partial charge >= 0.3 is 0 Å². The lowest BCUT2D eigenvalue weighted by Gasteiger charge is -2.60. The van der Waals surface area contributed by atoms with E-state index in [1.807, 2.05) is 0 Å². The van der Waals surface area contributed by atoms with Crippen LogP contribution in [0.5, 0.6) is 0 Å². The SMILES string of the molecule is C[C@@]12CC[C@H](O)C[C@@H]1CC[C@@H]1[C@H]2CC[C@]2(C)[C@@H](O)CC[C@@H]12. The summed E-state index contributed by atoms with van der Waals surface area (Å²) in [6.45, 7) is 4.90. The molecule has 2 nitrogen and oxygen atoms in total. The van der Waals surface area contributed by atoms with Gasteiger partial charge in [0.2, 0.25) is 0 Å². The van der Waals surface area contributed by atoms with Gasteiger partial charge in [0.25, 0.3) is 0 Å². The van der Waals surface area contributed by atoms with E-state index in [-0.39, 0.29) is 17.6 Å². The lowest BCUT2D eigenvalue weighted by Crippen LogP contribution is -2.54. The Morgan fingerprint density at radius 2 is 1.48 bits per heavy atom. The fourth-order valence-corrected chi connectivity index (χ4v) is 7.21. The minimum Gasteiger partial charge on any atom is -0.393 e. The summed E-state index contributed by atoms with van der Waals surface area (Å²) >= 11 is 0. The predicted molar refractivity (Wildman–Crippen MR) is 83.7 cm³/mol. The number of rotatable bonds is 0.